The van der Waals surface area contributed by atoms with Crippen molar-refractivity contribution < 1.29 is 19.2 Å². The first-order valence-corrected chi connectivity index (χ1v) is 8.69. The topological polar surface area (TPSA) is 54.3 Å². The van der Waals surface area contributed by atoms with Crippen LogP contribution in [0.4, 0.5) is 5.69 Å². The first kappa shape index (κ1) is 16.8. The van der Waals surface area contributed by atoms with Crippen LogP contribution < -0.4 is 14.5 Å². The van der Waals surface area contributed by atoms with E-state index in [0.717, 1.165) is 38.3 Å². The summed E-state index contributed by atoms with van der Waals surface area (Å²) in [6.07, 6.45) is 0. The molecule has 6 nitrogen and oxygen atoms in total. The van der Waals surface area contributed by atoms with Crippen molar-refractivity contribution in [1.29, 1.82) is 0 Å². The van der Waals surface area contributed by atoms with Crippen molar-refractivity contribution in [1.82, 2.24) is 4.90 Å². The molecule has 1 aromatic rings. The van der Waals surface area contributed by atoms with Crippen molar-refractivity contribution in [2.24, 2.45) is 0 Å². The van der Waals surface area contributed by atoms with E-state index in [1.54, 1.807) is 4.90 Å². The summed E-state index contributed by atoms with van der Waals surface area (Å²) in [5.74, 6) is 0.528. The normalized spacial score (nSPS) is 19.7. The second kappa shape index (κ2) is 6.81. The van der Waals surface area contributed by atoms with Crippen LogP contribution in [-0.2, 0) is 9.59 Å². The fourth-order valence-electron chi connectivity index (χ4n) is 3.48. The van der Waals surface area contributed by atoms with Crippen LogP contribution in [0.25, 0.3) is 0 Å². The van der Waals surface area contributed by atoms with Gasteiger partial charge in [-0.2, -0.15) is 0 Å². The smallest absolute Gasteiger partial charge is 0.265 e. The van der Waals surface area contributed by atoms with Crippen molar-refractivity contribution in [3.8, 4) is 5.75 Å². The van der Waals surface area contributed by atoms with Gasteiger partial charge in [-0.05, 0) is 38.5 Å². The lowest BCUT2D eigenvalue weighted by atomic mass is 10.1. The summed E-state index contributed by atoms with van der Waals surface area (Å²) in [4.78, 5) is 30.4. The fourth-order valence-corrected chi connectivity index (χ4v) is 3.48. The Balaban J connectivity index is 1.79. The molecule has 2 aliphatic heterocycles. The summed E-state index contributed by atoms with van der Waals surface area (Å²) in [5.41, 5.74) is 1.74. The van der Waals surface area contributed by atoms with Gasteiger partial charge in [0, 0.05) is 0 Å². The molecule has 0 saturated carbocycles. The molecule has 3 rings (SSSR count). The highest BCUT2D eigenvalue weighted by molar-refractivity contribution is 6.03. The molecule has 1 unspecified atom stereocenters. The highest BCUT2D eigenvalue weighted by Gasteiger charge is 2.36. The molecule has 1 atom stereocenters. The van der Waals surface area contributed by atoms with E-state index in [2.05, 4.69) is 6.92 Å². The minimum atomic E-state index is -0.509. The zero-order chi connectivity index (χ0) is 17.3. The van der Waals surface area contributed by atoms with E-state index in [4.69, 9.17) is 4.74 Å². The maximum atomic E-state index is 12.9. The molecule has 0 radical (unpaired) electrons. The number of carbonyl (C=O) groups is 2. The number of hydrogen-bond donors (Lipinski definition) is 1. The number of aryl methyl sites for hydroxylation is 1. The molecule has 2 heterocycles. The number of piperazine rings is 1. The zero-order valence-electron chi connectivity index (χ0n) is 14.7. The van der Waals surface area contributed by atoms with Gasteiger partial charge in [-0.25, -0.2) is 0 Å². The molecule has 2 aliphatic rings. The largest absolute Gasteiger partial charge is 0.482 e. The molecule has 1 aromatic carbocycles. The van der Waals surface area contributed by atoms with Crippen LogP contribution in [0.3, 0.4) is 0 Å². The Hall–Kier alpha value is -2.08. The van der Waals surface area contributed by atoms with Crippen LogP contribution in [0.15, 0.2) is 18.2 Å². The van der Waals surface area contributed by atoms with E-state index >= 15 is 0 Å². The van der Waals surface area contributed by atoms with Crippen LogP contribution >= 0.6 is 0 Å². The van der Waals surface area contributed by atoms with Gasteiger partial charge < -0.3 is 14.5 Å². The van der Waals surface area contributed by atoms with Gasteiger partial charge in [0.2, 0.25) is 5.91 Å². The Kier molecular flexibility index (Phi) is 4.76. The van der Waals surface area contributed by atoms with Crippen molar-refractivity contribution in [2.75, 3.05) is 44.2 Å². The molecule has 0 aromatic heterocycles. The van der Waals surface area contributed by atoms with Gasteiger partial charge in [-0.3, -0.25) is 14.5 Å². The fraction of sp³-hybridized carbons (Fsp3) is 0.556. The average molecular weight is 332 g/mol. The number of quaternary nitrogens is 1. The van der Waals surface area contributed by atoms with E-state index in [-0.39, 0.29) is 18.4 Å². The molecule has 2 amide bonds. The number of nitrogens with zero attached hydrogens (tertiary/aromatic N) is 2. The minimum Gasteiger partial charge on any atom is -0.482 e. The second-order valence-corrected chi connectivity index (χ2v) is 6.63. The van der Waals surface area contributed by atoms with Gasteiger partial charge in [0.05, 0.1) is 38.4 Å². The van der Waals surface area contributed by atoms with Crippen molar-refractivity contribution >= 4 is 17.5 Å². The Morgan fingerprint density at radius 2 is 2.04 bits per heavy atom. The van der Waals surface area contributed by atoms with E-state index in [1.165, 1.54) is 4.90 Å². The number of anilines is 1. The van der Waals surface area contributed by atoms with Gasteiger partial charge in [0.25, 0.3) is 5.91 Å². The SMILES string of the molecule is CC[NH+]1CCN(C(=O)C(C)N2C(=O)COc3ccc(C)cc32)CC1. The Bertz CT molecular complexity index is 638. The number of hydrogen-bond acceptors (Lipinski definition) is 3. The summed E-state index contributed by atoms with van der Waals surface area (Å²) in [7, 11) is 0. The number of benzene rings is 1. The van der Waals surface area contributed by atoms with Gasteiger partial charge in [0.15, 0.2) is 6.61 Å². The molecule has 1 saturated heterocycles. The lowest BCUT2D eigenvalue weighted by Crippen LogP contribution is -3.14. The summed E-state index contributed by atoms with van der Waals surface area (Å²) in [6, 6.07) is 5.22. The predicted octanol–water partition coefficient (Wildman–Crippen LogP) is -0.144. The monoisotopic (exact) mass is 332 g/mol. The van der Waals surface area contributed by atoms with E-state index in [1.807, 2.05) is 36.9 Å². The lowest BCUT2D eigenvalue weighted by Gasteiger charge is -2.38. The Labute approximate surface area is 143 Å². The van der Waals surface area contributed by atoms with Gasteiger partial charge in [0.1, 0.15) is 11.8 Å². The highest BCUT2D eigenvalue weighted by Crippen LogP contribution is 2.34. The molecule has 0 aliphatic carbocycles. The molecule has 24 heavy (non-hydrogen) atoms. The maximum Gasteiger partial charge on any atom is 0.265 e. The second-order valence-electron chi connectivity index (χ2n) is 6.63. The number of ether oxygens (including phenoxy) is 1. The number of fused-ring (bicyclic) bond motifs is 1. The van der Waals surface area contributed by atoms with Crippen LogP contribution in [0.2, 0.25) is 0 Å². The van der Waals surface area contributed by atoms with Crippen molar-refractivity contribution in [3.63, 3.8) is 0 Å². The van der Waals surface area contributed by atoms with E-state index < -0.39 is 6.04 Å². The van der Waals surface area contributed by atoms with Crippen LogP contribution in [0.5, 0.6) is 5.75 Å². The third-order valence-corrected chi connectivity index (χ3v) is 5.02. The molecule has 0 spiro atoms. The number of likely N-dealkylation sites (N-methyl/N-ethyl adjacent to an activating group) is 1. The van der Waals surface area contributed by atoms with Crippen molar-refractivity contribution in [3.05, 3.63) is 23.8 Å². The van der Waals surface area contributed by atoms with Crippen LogP contribution in [0.1, 0.15) is 19.4 Å². The zero-order valence-corrected chi connectivity index (χ0v) is 14.7. The van der Waals surface area contributed by atoms with Gasteiger partial charge in [-0.1, -0.05) is 6.07 Å². The number of nitrogens with one attached hydrogen (secondary N) is 1. The number of amides is 2. The number of rotatable bonds is 3. The molecule has 1 N–H and O–H groups in total. The molecule has 130 valence electrons. The summed E-state index contributed by atoms with van der Waals surface area (Å²) >= 11 is 0. The minimum absolute atomic E-state index is 0.0125. The van der Waals surface area contributed by atoms with Crippen LogP contribution in [-0.4, -0.2) is 62.1 Å². The Morgan fingerprint density at radius 1 is 1.33 bits per heavy atom. The standard InChI is InChI=1S/C18H25N3O3/c1-4-19-7-9-20(10-8-19)18(23)14(3)21-15-11-13(2)5-6-16(15)24-12-17(21)22/h5-6,11,14H,4,7-10,12H2,1-3H3/p+1. The summed E-state index contributed by atoms with van der Waals surface area (Å²) < 4.78 is 5.51. The quantitative estimate of drug-likeness (QED) is 0.838. The van der Waals surface area contributed by atoms with Crippen molar-refractivity contribution in [2.45, 2.75) is 26.8 Å². The maximum absolute atomic E-state index is 12.9. The van der Waals surface area contributed by atoms with E-state index in [0.29, 0.717) is 11.4 Å². The first-order valence-electron chi connectivity index (χ1n) is 8.69. The molecular weight excluding hydrogens is 306 g/mol. The third-order valence-electron chi connectivity index (χ3n) is 5.02. The van der Waals surface area contributed by atoms with Crippen LogP contribution in [0, 0.1) is 6.92 Å². The molecule has 6 heteroatoms. The van der Waals surface area contributed by atoms with E-state index in [9.17, 15) is 9.59 Å². The summed E-state index contributed by atoms with van der Waals surface area (Å²) in [6.45, 7) is 10.5. The first-order chi connectivity index (χ1) is 11.5. The predicted molar refractivity (Wildman–Crippen MR) is 91.4 cm³/mol. The lowest BCUT2D eigenvalue weighted by molar-refractivity contribution is -0.902. The third kappa shape index (κ3) is 3.11. The Morgan fingerprint density at radius 3 is 2.71 bits per heavy atom. The number of carbonyl (C=O) groups excluding carboxylic acids is 2. The summed E-state index contributed by atoms with van der Waals surface area (Å²) in [5, 5.41) is 0. The molecule has 0 bridgehead atoms. The van der Waals surface area contributed by atoms with Gasteiger partial charge in [-0.15, -0.1) is 0 Å². The highest BCUT2D eigenvalue weighted by atomic mass is 16.5. The van der Waals surface area contributed by atoms with Gasteiger partial charge >= 0.3 is 0 Å². The molecular formula is C18H26N3O3+. The molecule has 1 fully saturated rings. The average Bonchev–Trinajstić information content (AvgIpc) is 2.60.